The quantitative estimate of drug-likeness (QED) is 0.885. The standard InChI is InChI=1S/C11H12BrNO2/c12-8-3-4-9(10(14)5-8)11(15)13-6-7-1-2-7/h3-5,7,14H,1-2,6H2,(H,13,15). The molecule has 1 fully saturated rings. The molecule has 80 valence electrons. The van der Waals surface area contributed by atoms with Gasteiger partial charge in [-0.2, -0.15) is 0 Å². The molecule has 0 aromatic heterocycles. The smallest absolute Gasteiger partial charge is 0.255 e. The third kappa shape index (κ3) is 2.72. The highest BCUT2D eigenvalue weighted by molar-refractivity contribution is 9.10. The number of rotatable bonds is 3. The summed E-state index contributed by atoms with van der Waals surface area (Å²) in [6.45, 7) is 0.717. The van der Waals surface area contributed by atoms with Crippen LogP contribution in [0, 0.1) is 5.92 Å². The maximum atomic E-state index is 11.6. The van der Waals surface area contributed by atoms with Crippen molar-refractivity contribution in [2.24, 2.45) is 5.92 Å². The number of carbonyl (C=O) groups is 1. The predicted molar refractivity (Wildman–Crippen MR) is 60.9 cm³/mol. The van der Waals surface area contributed by atoms with E-state index in [9.17, 15) is 9.90 Å². The van der Waals surface area contributed by atoms with Gasteiger partial charge in [0, 0.05) is 11.0 Å². The summed E-state index contributed by atoms with van der Waals surface area (Å²) < 4.78 is 0.763. The minimum atomic E-state index is -0.202. The van der Waals surface area contributed by atoms with Crippen molar-refractivity contribution in [1.82, 2.24) is 5.32 Å². The molecule has 0 heterocycles. The second kappa shape index (κ2) is 4.23. The Kier molecular flexibility index (Phi) is 2.95. The third-order valence-corrected chi connectivity index (χ3v) is 2.95. The van der Waals surface area contributed by atoms with Gasteiger partial charge >= 0.3 is 0 Å². The Balaban J connectivity index is 2.03. The average Bonchev–Trinajstić information content (AvgIpc) is 2.97. The van der Waals surface area contributed by atoms with E-state index in [-0.39, 0.29) is 11.7 Å². The van der Waals surface area contributed by atoms with Crippen molar-refractivity contribution >= 4 is 21.8 Å². The molecule has 1 amide bonds. The van der Waals surface area contributed by atoms with E-state index in [2.05, 4.69) is 21.2 Å². The number of amides is 1. The lowest BCUT2D eigenvalue weighted by Gasteiger charge is -2.06. The molecule has 0 atom stereocenters. The summed E-state index contributed by atoms with van der Waals surface area (Å²) in [6.07, 6.45) is 2.40. The SMILES string of the molecule is O=C(NCC1CC1)c1ccc(Br)cc1O. The van der Waals surface area contributed by atoms with Crippen LogP contribution in [0.5, 0.6) is 5.75 Å². The lowest BCUT2D eigenvalue weighted by atomic mass is 10.2. The molecule has 2 rings (SSSR count). The number of aromatic hydroxyl groups is 1. The topological polar surface area (TPSA) is 49.3 Å². The number of halogens is 1. The van der Waals surface area contributed by atoms with Crippen LogP contribution >= 0.6 is 15.9 Å². The van der Waals surface area contributed by atoms with Crippen molar-refractivity contribution in [2.45, 2.75) is 12.8 Å². The molecule has 1 saturated carbocycles. The van der Waals surface area contributed by atoms with Crippen LogP contribution in [0.4, 0.5) is 0 Å². The van der Waals surface area contributed by atoms with Gasteiger partial charge in [0.25, 0.3) is 5.91 Å². The van der Waals surface area contributed by atoms with E-state index in [1.165, 1.54) is 18.9 Å². The first-order valence-electron chi connectivity index (χ1n) is 4.93. The fraction of sp³-hybridized carbons (Fsp3) is 0.364. The highest BCUT2D eigenvalue weighted by atomic mass is 79.9. The molecule has 2 N–H and O–H groups in total. The molecule has 0 bridgehead atoms. The van der Waals surface area contributed by atoms with Crippen LogP contribution in [0.3, 0.4) is 0 Å². The largest absolute Gasteiger partial charge is 0.507 e. The van der Waals surface area contributed by atoms with Gasteiger partial charge in [-0.05, 0) is 37.0 Å². The summed E-state index contributed by atoms with van der Waals surface area (Å²) in [4.78, 5) is 11.6. The van der Waals surface area contributed by atoms with Crippen LogP contribution in [0.25, 0.3) is 0 Å². The van der Waals surface area contributed by atoms with Crippen LogP contribution in [0.2, 0.25) is 0 Å². The van der Waals surface area contributed by atoms with Gasteiger partial charge in [-0.25, -0.2) is 0 Å². The van der Waals surface area contributed by atoms with Crippen LogP contribution in [0.1, 0.15) is 23.2 Å². The lowest BCUT2D eigenvalue weighted by Crippen LogP contribution is -2.25. The van der Waals surface area contributed by atoms with Crippen LogP contribution in [0.15, 0.2) is 22.7 Å². The fourth-order valence-electron chi connectivity index (χ4n) is 1.35. The Morgan fingerprint density at radius 2 is 2.27 bits per heavy atom. The fourth-order valence-corrected chi connectivity index (χ4v) is 1.70. The van der Waals surface area contributed by atoms with Crippen molar-refractivity contribution in [3.8, 4) is 5.75 Å². The zero-order valence-corrected chi connectivity index (χ0v) is 9.75. The molecule has 0 aliphatic heterocycles. The summed E-state index contributed by atoms with van der Waals surface area (Å²) in [7, 11) is 0. The number of carbonyl (C=O) groups excluding carboxylic acids is 1. The lowest BCUT2D eigenvalue weighted by molar-refractivity contribution is 0.0949. The number of nitrogens with one attached hydrogen (secondary N) is 1. The summed E-state index contributed by atoms with van der Waals surface area (Å²) >= 11 is 3.23. The number of phenols is 1. The van der Waals surface area contributed by atoms with Gasteiger partial charge in [0.15, 0.2) is 0 Å². The highest BCUT2D eigenvalue weighted by Gasteiger charge is 2.22. The molecule has 1 aromatic rings. The first kappa shape index (κ1) is 10.5. The van der Waals surface area contributed by atoms with E-state index in [0.29, 0.717) is 18.0 Å². The van der Waals surface area contributed by atoms with E-state index >= 15 is 0 Å². The molecule has 0 unspecified atom stereocenters. The minimum absolute atomic E-state index is 0.0117. The van der Waals surface area contributed by atoms with Crippen molar-refractivity contribution < 1.29 is 9.90 Å². The summed E-state index contributed by atoms with van der Waals surface area (Å²) in [5.41, 5.74) is 0.332. The second-order valence-electron chi connectivity index (χ2n) is 3.81. The van der Waals surface area contributed by atoms with E-state index in [1.54, 1.807) is 12.1 Å². The molecule has 0 spiro atoms. The zero-order chi connectivity index (χ0) is 10.8. The Bertz CT molecular complexity index is 388. The molecule has 1 aromatic carbocycles. The van der Waals surface area contributed by atoms with E-state index in [4.69, 9.17) is 0 Å². The van der Waals surface area contributed by atoms with Crippen molar-refractivity contribution in [3.05, 3.63) is 28.2 Å². The van der Waals surface area contributed by atoms with E-state index < -0.39 is 0 Å². The molecular formula is C11H12BrNO2. The second-order valence-corrected chi connectivity index (χ2v) is 4.73. The molecule has 0 saturated heterocycles. The monoisotopic (exact) mass is 269 g/mol. The van der Waals surface area contributed by atoms with Crippen molar-refractivity contribution in [2.75, 3.05) is 6.54 Å². The number of phenolic OH excluding ortho intramolecular Hbond substituents is 1. The predicted octanol–water partition coefficient (Wildman–Crippen LogP) is 2.29. The maximum Gasteiger partial charge on any atom is 0.255 e. The van der Waals surface area contributed by atoms with Gasteiger partial charge in [0.1, 0.15) is 5.75 Å². The van der Waals surface area contributed by atoms with E-state index in [1.807, 2.05) is 0 Å². The van der Waals surface area contributed by atoms with Crippen LogP contribution < -0.4 is 5.32 Å². The molecular weight excluding hydrogens is 258 g/mol. The van der Waals surface area contributed by atoms with Crippen LogP contribution in [-0.4, -0.2) is 17.6 Å². The number of hydrogen-bond donors (Lipinski definition) is 2. The Labute approximate surface area is 96.6 Å². The number of hydrogen-bond acceptors (Lipinski definition) is 2. The van der Waals surface area contributed by atoms with Gasteiger partial charge in [0.05, 0.1) is 5.56 Å². The first-order chi connectivity index (χ1) is 7.16. The van der Waals surface area contributed by atoms with Crippen molar-refractivity contribution in [1.29, 1.82) is 0 Å². The minimum Gasteiger partial charge on any atom is -0.507 e. The van der Waals surface area contributed by atoms with Gasteiger partial charge in [-0.1, -0.05) is 15.9 Å². The van der Waals surface area contributed by atoms with Crippen molar-refractivity contribution in [3.63, 3.8) is 0 Å². The Morgan fingerprint density at radius 1 is 1.53 bits per heavy atom. The van der Waals surface area contributed by atoms with Gasteiger partial charge in [-0.3, -0.25) is 4.79 Å². The van der Waals surface area contributed by atoms with E-state index in [0.717, 1.165) is 4.47 Å². The molecule has 1 aliphatic carbocycles. The molecule has 3 nitrogen and oxygen atoms in total. The Morgan fingerprint density at radius 3 is 2.87 bits per heavy atom. The third-order valence-electron chi connectivity index (χ3n) is 2.45. The molecule has 4 heteroatoms. The van der Waals surface area contributed by atoms with Crippen LogP contribution in [-0.2, 0) is 0 Å². The highest BCUT2D eigenvalue weighted by Crippen LogP contribution is 2.28. The zero-order valence-electron chi connectivity index (χ0n) is 8.16. The average molecular weight is 270 g/mol. The summed E-state index contributed by atoms with van der Waals surface area (Å²) in [5.74, 6) is 0.455. The summed E-state index contributed by atoms with van der Waals surface area (Å²) in [6, 6.07) is 4.87. The van der Waals surface area contributed by atoms with Gasteiger partial charge in [-0.15, -0.1) is 0 Å². The normalized spacial score (nSPS) is 15.0. The van der Waals surface area contributed by atoms with Gasteiger partial charge in [0.2, 0.25) is 0 Å². The number of benzene rings is 1. The maximum absolute atomic E-state index is 11.6. The Hall–Kier alpha value is -1.03. The molecule has 15 heavy (non-hydrogen) atoms. The molecule has 1 aliphatic rings. The first-order valence-corrected chi connectivity index (χ1v) is 5.73. The summed E-state index contributed by atoms with van der Waals surface area (Å²) in [5, 5.41) is 12.4. The van der Waals surface area contributed by atoms with Gasteiger partial charge < -0.3 is 10.4 Å². The molecule has 0 radical (unpaired) electrons.